The van der Waals surface area contributed by atoms with Crippen LogP contribution in [0.25, 0.3) is 0 Å². The summed E-state index contributed by atoms with van der Waals surface area (Å²) in [7, 11) is 0. The number of aliphatic carboxylic acids is 1. The molecule has 0 fully saturated rings. The molecular formula is C16H20N2O7. The number of non-ortho nitro benzene ring substituents is 1. The number of carboxylic acids is 1. The number of nitrogens with zero attached hydrogens (tertiary/aromatic N) is 1. The van der Waals surface area contributed by atoms with Crippen LogP contribution in [-0.4, -0.2) is 40.5 Å². The van der Waals surface area contributed by atoms with Crippen LogP contribution in [0.2, 0.25) is 0 Å². The minimum atomic E-state index is -1.27. The van der Waals surface area contributed by atoms with E-state index in [-0.39, 0.29) is 25.1 Å². The van der Waals surface area contributed by atoms with Crippen molar-refractivity contribution in [3.05, 3.63) is 39.9 Å². The smallest absolute Gasteiger partial charge is 0.326 e. The van der Waals surface area contributed by atoms with E-state index in [9.17, 15) is 29.6 Å². The average Bonchev–Trinajstić information content (AvgIpc) is 2.52. The molecule has 0 aromatic heterocycles. The average molecular weight is 352 g/mol. The zero-order valence-electron chi connectivity index (χ0n) is 13.9. The Balaban J connectivity index is 2.73. The van der Waals surface area contributed by atoms with E-state index in [2.05, 4.69) is 5.32 Å². The van der Waals surface area contributed by atoms with E-state index in [0.29, 0.717) is 5.56 Å². The summed E-state index contributed by atoms with van der Waals surface area (Å²) in [5.41, 5.74) is 0.227. The van der Waals surface area contributed by atoms with Crippen LogP contribution >= 0.6 is 0 Å². The standard InChI is InChI=1S/C16H20N2O7/c1-3-25-14(20)7-10(2)15(16(21)22)17-13(19)9-11-5-4-6-12(8-11)18(23)24/h4-6,8,10,15H,3,7,9H2,1-2H3,(H,17,19)(H,21,22)/t10-,15-/m0/s1. The fraction of sp³-hybridized carbons (Fsp3) is 0.438. The Labute approximate surface area is 144 Å². The zero-order chi connectivity index (χ0) is 19.0. The molecule has 0 saturated heterocycles. The number of esters is 1. The number of benzene rings is 1. The van der Waals surface area contributed by atoms with Gasteiger partial charge in [-0.3, -0.25) is 19.7 Å². The Hall–Kier alpha value is -2.97. The van der Waals surface area contributed by atoms with Crippen molar-refractivity contribution in [2.75, 3.05) is 6.61 Å². The van der Waals surface area contributed by atoms with Crippen molar-refractivity contribution in [3.63, 3.8) is 0 Å². The van der Waals surface area contributed by atoms with Gasteiger partial charge in [0.1, 0.15) is 6.04 Å². The summed E-state index contributed by atoms with van der Waals surface area (Å²) in [4.78, 5) is 45.0. The van der Waals surface area contributed by atoms with Crippen molar-refractivity contribution in [1.82, 2.24) is 5.32 Å². The van der Waals surface area contributed by atoms with Gasteiger partial charge in [0.15, 0.2) is 0 Å². The van der Waals surface area contributed by atoms with Crippen LogP contribution in [0.5, 0.6) is 0 Å². The largest absolute Gasteiger partial charge is 0.480 e. The predicted octanol–water partition coefficient (Wildman–Crippen LogP) is 1.30. The molecule has 0 radical (unpaired) electrons. The van der Waals surface area contributed by atoms with Crippen LogP contribution in [-0.2, 0) is 25.5 Å². The fourth-order valence-corrected chi connectivity index (χ4v) is 2.24. The number of hydrogen-bond acceptors (Lipinski definition) is 6. The number of carbonyl (C=O) groups is 3. The minimum absolute atomic E-state index is 0.151. The summed E-state index contributed by atoms with van der Waals surface area (Å²) < 4.78 is 4.77. The molecule has 1 rings (SSSR count). The zero-order valence-corrected chi connectivity index (χ0v) is 13.9. The van der Waals surface area contributed by atoms with Gasteiger partial charge in [-0.25, -0.2) is 4.79 Å². The molecule has 0 unspecified atom stereocenters. The highest BCUT2D eigenvalue weighted by atomic mass is 16.6. The molecule has 0 aliphatic rings. The van der Waals surface area contributed by atoms with Gasteiger partial charge in [-0.15, -0.1) is 0 Å². The van der Waals surface area contributed by atoms with E-state index in [1.54, 1.807) is 6.92 Å². The van der Waals surface area contributed by atoms with Crippen molar-refractivity contribution < 1.29 is 29.2 Å². The Bertz CT molecular complexity index is 660. The van der Waals surface area contributed by atoms with E-state index in [1.165, 1.54) is 31.2 Å². The SMILES string of the molecule is CCOC(=O)C[C@H](C)[C@H](NC(=O)Cc1cccc([N+](=O)[O-])c1)C(=O)O. The molecule has 136 valence electrons. The first-order valence-corrected chi connectivity index (χ1v) is 7.65. The third-order valence-electron chi connectivity index (χ3n) is 3.43. The summed E-state index contributed by atoms with van der Waals surface area (Å²) in [5.74, 6) is -3.10. The Morgan fingerprint density at radius 3 is 2.60 bits per heavy atom. The van der Waals surface area contributed by atoms with E-state index in [0.717, 1.165) is 0 Å². The minimum Gasteiger partial charge on any atom is -0.480 e. The molecule has 0 aliphatic heterocycles. The maximum atomic E-state index is 12.1. The second-order valence-electron chi connectivity index (χ2n) is 5.47. The van der Waals surface area contributed by atoms with Crippen molar-refractivity contribution in [2.24, 2.45) is 5.92 Å². The first kappa shape index (κ1) is 20.1. The molecule has 25 heavy (non-hydrogen) atoms. The van der Waals surface area contributed by atoms with E-state index >= 15 is 0 Å². The van der Waals surface area contributed by atoms with Crippen LogP contribution in [0.4, 0.5) is 5.69 Å². The van der Waals surface area contributed by atoms with E-state index < -0.39 is 34.7 Å². The van der Waals surface area contributed by atoms with Crippen LogP contribution < -0.4 is 5.32 Å². The van der Waals surface area contributed by atoms with Crippen molar-refractivity contribution in [1.29, 1.82) is 0 Å². The predicted molar refractivity (Wildman–Crippen MR) is 86.8 cm³/mol. The summed E-state index contributed by atoms with van der Waals surface area (Å²) in [6, 6.07) is 4.25. The highest BCUT2D eigenvalue weighted by Crippen LogP contribution is 2.14. The van der Waals surface area contributed by atoms with Gasteiger partial charge in [0.05, 0.1) is 24.4 Å². The van der Waals surface area contributed by atoms with Gasteiger partial charge >= 0.3 is 11.9 Å². The van der Waals surface area contributed by atoms with Crippen LogP contribution in [0.1, 0.15) is 25.8 Å². The van der Waals surface area contributed by atoms with Crippen LogP contribution in [0.3, 0.4) is 0 Å². The molecular weight excluding hydrogens is 332 g/mol. The Kier molecular flexibility index (Phi) is 7.51. The maximum Gasteiger partial charge on any atom is 0.326 e. The molecule has 2 atom stereocenters. The molecule has 0 saturated carbocycles. The highest BCUT2D eigenvalue weighted by Gasteiger charge is 2.28. The Morgan fingerprint density at radius 1 is 1.36 bits per heavy atom. The molecule has 1 aromatic carbocycles. The normalized spacial score (nSPS) is 12.7. The fourth-order valence-electron chi connectivity index (χ4n) is 2.24. The van der Waals surface area contributed by atoms with Gasteiger partial charge in [0.25, 0.3) is 5.69 Å². The lowest BCUT2D eigenvalue weighted by atomic mass is 9.98. The molecule has 0 heterocycles. The maximum absolute atomic E-state index is 12.1. The molecule has 0 aliphatic carbocycles. The number of carbonyl (C=O) groups excluding carboxylic acids is 2. The monoisotopic (exact) mass is 352 g/mol. The molecule has 0 spiro atoms. The van der Waals surface area contributed by atoms with Crippen molar-refractivity contribution in [2.45, 2.75) is 32.7 Å². The van der Waals surface area contributed by atoms with Gasteiger partial charge in [-0.2, -0.15) is 0 Å². The number of carboxylic acid groups (broad SMARTS) is 1. The number of amides is 1. The first-order valence-electron chi connectivity index (χ1n) is 7.65. The lowest BCUT2D eigenvalue weighted by molar-refractivity contribution is -0.384. The quantitative estimate of drug-likeness (QED) is 0.388. The van der Waals surface area contributed by atoms with Crippen LogP contribution in [0.15, 0.2) is 24.3 Å². The van der Waals surface area contributed by atoms with Gasteiger partial charge in [0.2, 0.25) is 5.91 Å². The van der Waals surface area contributed by atoms with Crippen LogP contribution in [0, 0.1) is 16.0 Å². The Morgan fingerprint density at radius 2 is 2.04 bits per heavy atom. The number of nitro benzene ring substituents is 1. The second kappa shape index (κ2) is 9.36. The molecule has 0 bridgehead atoms. The van der Waals surface area contributed by atoms with Gasteiger partial charge in [-0.05, 0) is 18.4 Å². The number of nitro groups is 1. The van der Waals surface area contributed by atoms with Gasteiger partial charge in [-0.1, -0.05) is 19.1 Å². The molecule has 9 nitrogen and oxygen atoms in total. The summed E-state index contributed by atoms with van der Waals surface area (Å²) in [6.45, 7) is 3.34. The topological polar surface area (TPSA) is 136 Å². The summed E-state index contributed by atoms with van der Waals surface area (Å²) in [5, 5.41) is 22.3. The third-order valence-corrected chi connectivity index (χ3v) is 3.43. The van der Waals surface area contributed by atoms with E-state index in [4.69, 9.17) is 4.74 Å². The van der Waals surface area contributed by atoms with E-state index in [1.807, 2.05) is 0 Å². The number of hydrogen-bond donors (Lipinski definition) is 2. The molecule has 1 amide bonds. The lowest BCUT2D eigenvalue weighted by Crippen LogP contribution is -2.46. The number of nitrogens with one attached hydrogen (secondary N) is 1. The number of rotatable bonds is 9. The van der Waals surface area contributed by atoms with Gasteiger partial charge < -0.3 is 15.2 Å². The van der Waals surface area contributed by atoms with Crippen molar-refractivity contribution >= 4 is 23.5 Å². The van der Waals surface area contributed by atoms with Crippen molar-refractivity contribution in [3.8, 4) is 0 Å². The lowest BCUT2D eigenvalue weighted by Gasteiger charge is -2.20. The highest BCUT2D eigenvalue weighted by molar-refractivity contribution is 5.85. The summed E-state index contributed by atoms with van der Waals surface area (Å²) >= 11 is 0. The molecule has 9 heteroatoms. The van der Waals surface area contributed by atoms with Gasteiger partial charge in [0, 0.05) is 12.1 Å². The molecule has 2 N–H and O–H groups in total. The third kappa shape index (κ3) is 6.58. The number of ether oxygens (including phenoxy) is 1. The second-order valence-corrected chi connectivity index (χ2v) is 5.47. The first-order chi connectivity index (χ1) is 11.7. The summed E-state index contributed by atoms with van der Waals surface area (Å²) in [6.07, 6.45) is -0.362. The molecule has 1 aromatic rings.